The molecular formula is C60H40N2O. The van der Waals surface area contributed by atoms with E-state index in [1.165, 1.54) is 49.6 Å². The van der Waals surface area contributed by atoms with Crippen molar-refractivity contribution < 1.29 is 4.42 Å². The smallest absolute Gasteiger partial charge is 0.143 e. The van der Waals surface area contributed by atoms with Crippen LogP contribution in [0.4, 0.5) is 17.1 Å². The lowest BCUT2D eigenvalue weighted by atomic mass is 9.99. The molecule has 2 heterocycles. The average Bonchev–Trinajstić information content (AvgIpc) is 3.91. The standard InChI is InChI=1S/C60H40N2O/c1-2-13-41(14-3-1)42-25-27-43(28-26-42)44-29-35-47(36-30-44)61(49-39-33-46(34-40-49)51-19-12-20-55-54-18-7-11-24-59(54)63-60(51)55)48-37-31-45(32-38-48)50-15-4-8-21-56(50)62-57-22-9-5-16-52(57)53-17-6-10-23-58(53)62/h1-40H. The van der Waals surface area contributed by atoms with Crippen molar-refractivity contribution in [1.29, 1.82) is 0 Å². The van der Waals surface area contributed by atoms with Crippen molar-refractivity contribution in [1.82, 2.24) is 4.57 Å². The summed E-state index contributed by atoms with van der Waals surface area (Å²) in [6.07, 6.45) is 0. The van der Waals surface area contributed by atoms with E-state index >= 15 is 0 Å². The lowest BCUT2D eigenvalue weighted by molar-refractivity contribution is 0.670. The summed E-state index contributed by atoms with van der Waals surface area (Å²) in [5, 5.41) is 4.77. The molecule has 0 saturated carbocycles. The summed E-state index contributed by atoms with van der Waals surface area (Å²) < 4.78 is 8.85. The van der Waals surface area contributed by atoms with Crippen LogP contribution >= 0.6 is 0 Å². The highest BCUT2D eigenvalue weighted by molar-refractivity contribution is 6.10. The van der Waals surface area contributed by atoms with Crippen molar-refractivity contribution in [2.24, 2.45) is 0 Å². The minimum Gasteiger partial charge on any atom is -0.455 e. The molecule has 12 rings (SSSR count). The molecule has 0 atom stereocenters. The Labute approximate surface area is 366 Å². The molecule has 0 amide bonds. The van der Waals surface area contributed by atoms with E-state index in [0.717, 1.165) is 61.4 Å². The van der Waals surface area contributed by atoms with E-state index in [-0.39, 0.29) is 0 Å². The molecule has 296 valence electrons. The molecule has 3 heteroatoms. The number of benzene rings is 10. The molecule has 2 aromatic heterocycles. The third-order valence-electron chi connectivity index (χ3n) is 12.5. The van der Waals surface area contributed by atoms with Crippen LogP contribution in [0.5, 0.6) is 0 Å². The lowest BCUT2D eigenvalue weighted by Crippen LogP contribution is -2.09. The molecule has 0 bridgehead atoms. The molecule has 63 heavy (non-hydrogen) atoms. The van der Waals surface area contributed by atoms with Gasteiger partial charge in [-0.3, -0.25) is 0 Å². The fraction of sp³-hybridized carbons (Fsp3) is 0. The molecule has 0 aliphatic rings. The van der Waals surface area contributed by atoms with Gasteiger partial charge in [0, 0.05) is 49.7 Å². The summed E-state index contributed by atoms with van der Waals surface area (Å²) in [7, 11) is 0. The van der Waals surface area contributed by atoms with Crippen molar-refractivity contribution in [2.45, 2.75) is 0 Å². The van der Waals surface area contributed by atoms with Gasteiger partial charge in [0.1, 0.15) is 11.2 Å². The van der Waals surface area contributed by atoms with Gasteiger partial charge in [-0.1, -0.05) is 182 Å². The number of nitrogens with zero attached hydrogens (tertiary/aromatic N) is 2. The zero-order chi connectivity index (χ0) is 41.7. The summed E-state index contributed by atoms with van der Waals surface area (Å²) in [6.45, 7) is 0. The maximum absolute atomic E-state index is 6.44. The Morgan fingerprint density at radius 3 is 1.30 bits per heavy atom. The van der Waals surface area contributed by atoms with Crippen LogP contribution in [0.3, 0.4) is 0 Å². The monoisotopic (exact) mass is 804 g/mol. The number of rotatable bonds is 8. The van der Waals surface area contributed by atoms with Crippen LogP contribution in [0.25, 0.3) is 93.9 Å². The Balaban J connectivity index is 0.933. The van der Waals surface area contributed by atoms with E-state index in [1.54, 1.807) is 0 Å². The molecule has 0 aliphatic carbocycles. The number of fused-ring (bicyclic) bond motifs is 6. The first kappa shape index (κ1) is 36.5. The van der Waals surface area contributed by atoms with Crippen molar-refractivity contribution in [2.75, 3.05) is 4.90 Å². The number of para-hydroxylation sites is 5. The van der Waals surface area contributed by atoms with Crippen molar-refractivity contribution in [3.05, 3.63) is 243 Å². The first-order chi connectivity index (χ1) is 31.2. The van der Waals surface area contributed by atoms with Gasteiger partial charge in [-0.2, -0.15) is 0 Å². The number of aromatic nitrogens is 1. The van der Waals surface area contributed by atoms with Crippen LogP contribution < -0.4 is 4.90 Å². The van der Waals surface area contributed by atoms with Gasteiger partial charge in [-0.05, 0) is 94.0 Å². The van der Waals surface area contributed by atoms with Gasteiger partial charge in [-0.15, -0.1) is 0 Å². The second kappa shape index (κ2) is 15.3. The average molecular weight is 805 g/mol. The van der Waals surface area contributed by atoms with Crippen LogP contribution in [0.15, 0.2) is 247 Å². The molecule has 0 spiro atoms. The topological polar surface area (TPSA) is 21.3 Å². The van der Waals surface area contributed by atoms with Crippen LogP contribution in [0.1, 0.15) is 0 Å². The number of anilines is 3. The highest BCUT2D eigenvalue weighted by atomic mass is 16.3. The summed E-state index contributed by atoms with van der Waals surface area (Å²) in [6, 6.07) is 87.0. The van der Waals surface area contributed by atoms with E-state index in [1.807, 2.05) is 12.1 Å². The highest BCUT2D eigenvalue weighted by Gasteiger charge is 2.18. The summed E-state index contributed by atoms with van der Waals surface area (Å²) in [5.74, 6) is 0. The van der Waals surface area contributed by atoms with Crippen LogP contribution in [0, 0.1) is 0 Å². The molecule has 0 unspecified atom stereocenters. The van der Waals surface area contributed by atoms with Gasteiger partial charge >= 0.3 is 0 Å². The van der Waals surface area contributed by atoms with Gasteiger partial charge in [0.25, 0.3) is 0 Å². The fourth-order valence-corrected chi connectivity index (χ4v) is 9.39. The van der Waals surface area contributed by atoms with Gasteiger partial charge < -0.3 is 13.9 Å². The van der Waals surface area contributed by atoms with Crippen LogP contribution in [-0.2, 0) is 0 Å². The zero-order valence-electron chi connectivity index (χ0n) is 34.4. The maximum atomic E-state index is 6.44. The Morgan fingerprint density at radius 2 is 0.698 bits per heavy atom. The van der Waals surface area contributed by atoms with Crippen molar-refractivity contribution in [3.63, 3.8) is 0 Å². The Morgan fingerprint density at radius 1 is 0.286 bits per heavy atom. The van der Waals surface area contributed by atoms with E-state index in [2.05, 4.69) is 240 Å². The first-order valence-electron chi connectivity index (χ1n) is 21.5. The Kier molecular flexibility index (Phi) is 8.83. The van der Waals surface area contributed by atoms with E-state index < -0.39 is 0 Å². The van der Waals surface area contributed by atoms with Crippen LogP contribution in [0.2, 0.25) is 0 Å². The van der Waals surface area contributed by atoms with E-state index in [4.69, 9.17) is 4.42 Å². The normalized spacial score (nSPS) is 11.5. The van der Waals surface area contributed by atoms with Gasteiger partial charge in [-0.25, -0.2) is 0 Å². The minimum atomic E-state index is 0.902. The van der Waals surface area contributed by atoms with Gasteiger partial charge in [0.15, 0.2) is 0 Å². The zero-order valence-corrected chi connectivity index (χ0v) is 34.4. The van der Waals surface area contributed by atoms with Crippen LogP contribution in [-0.4, -0.2) is 4.57 Å². The SMILES string of the molecule is c1ccc(-c2ccc(-c3ccc(N(c4ccc(-c5ccccc5-n5c6ccccc6c6ccccc65)cc4)c4ccc(-c5cccc6c5oc5ccccc56)cc4)cc3)cc2)cc1. The number of furan rings is 1. The van der Waals surface area contributed by atoms with Crippen molar-refractivity contribution in [3.8, 4) is 50.2 Å². The van der Waals surface area contributed by atoms with E-state index in [9.17, 15) is 0 Å². The second-order valence-corrected chi connectivity index (χ2v) is 16.1. The fourth-order valence-electron chi connectivity index (χ4n) is 9.39. The summed E-state index contributed by atoms with van der Waals surface area (Å²) >= 11 is 0. The lowest BCUT2D eigenvalue weighted by Gasteiger charge is -2.26. The summed E-state index contributed by atoms with van der Waals surface area (Å²) in [5.41, 5.74) is 17.9. The predicted octanol–water partition coefficient (Wildman–Crippen LogP) is 16.8. The number of hydrogen-bond donors (Lipinski definition) is 0. The predicted molar refractivity (Wildman–Crippen MR) is 264 cm³/mol. The summed E-state index contributed by atoms with van der Waals surface area (Å²) in [4.78, 5) is 2.34. The second-order valence-electron chi connectivity index (χ2n) is 16.1. The molecule has 0 fully saturated rings. The molecule has 3 nitrogen and oxygen atoms in total. The molecule has 12 aromatic rings. The maximum Gasteiger partial charge on any atom is 0.143 e. The molecule has 0 aliphatic heterocycles. The molecule has 0 radical (unpaired) electrons. The van der Waals surface area contributed by atoms with Gasteiger partial charge in [0.2, 0.25) is 0 Å². The van der Waals surface area contributed by atoms with Gasteiger partial charge in [0.05, 0.1) is 16.7 Å². The third-order valence-corrected chi connectivity index (χ3v) is 12.5. The largest absolute Gasteiger partial charge is 0.455 e. The Hall–Kier alpha value is -8.40. The first-order valence-corrected chi connectivity index (χ1v) is 21.5. The number of hydrogen-bond acceptors (Lipinski definition) is 2. The molecule has 0 saturated heterocycles. The third kappa shape index (κ3) is 6.38. The Bertz CT molecular complexity index is 3530. The van der Waals surface area contributed by atoms with Crippen molar-refractivity contribution >= 4 is 60.8 Å². The molecule has 10 aromatic carbocycles. The molecular weight excluding hydrogens is 765 g/mol. The quantitative estimate of drug-likeness (QED) is 0.153. The van der Waals surface area contributed by atoms with E-state index in [0.29, 0.717) is 0 Å². The minimum absolute atomic E-state index is 0.902. The highest BCUT2D eigenvalue weighted by Crippen LogP contribution is 2.41. The molecule has 0 N–H and O–H groups in total.